The fourth-order valence-electron chi connectivity index (χ4n) is 2.16. The van der Waals surface area contributed by atoms with E-state index in [0.717, 1.165) is 5.75 Å². The number of nitrogen functional groups attached to an aromatic ring is 1. The van der Waals surface area contributed by atoms with E-state index < -0.39 is 0 Å². The molecule has 98 valence electrons. The van der Waals surface area contributed by atoms with Gasteiger partial charge in [-0.05, 0) is 29.8 Å². The summed E-state index contributed by atoms with van der Waals surface area (Å²) in [6, 6.07) is 14.6. The highest BCUT2D eigenvalue weighted by Crippen LogP contribution is 2.42. The van der Waals surface area contributed by atoms with E-state index in [-0.39, 0.29) is 0 Å². The van der Waals surface area contributed by atoms with Gasteiger partial charge in [0.25, 0.3) is 0 Å². The van der Waals surface area contributed by atoms with Gasteiger partial charge in [0.2, 0.25) is 0 Å². The van der Waals surface area contributed by atoms with Gasteiger partial charge in [-0.3, -0.25) is 0 Å². The minimum absolute atomic E-state index is 0.627. The zero-order chi connectivity index (χ0) is 13.2. The van der Waals surface area contributed by atoms with Crippen LogP contribution in [0.5, 0.6) is 0 Å². The van der Waals surface area contributed by atoms with Crippen molar-refractivity contribution >= 4 is 40.8 Å². The summed E-state index contributed by atoms with van der Waals surface area (Å²) in [5.74, 6) is 2.89. The summed E-state index contributed by atoms with van der Waals surface area (Å²) in [7, 11) is 0. The number of fused-ring (bicyclic) bond motifs is 1. The number of anilines is 1. The third-order valence-corrected chi connectivity index (χ3v) is 5.96. The molecule has 0 radical (unpaired) electrons. The molecule has 2 N–H and O–H groups in total. The highest BCUT2D eigenvalue weighted by molar-refractivity contribution is 8.00. The van der Waals surface area contributed by atoms with Gasteiger partial charge >= 0.3 is 0 Å². The van der Waals surface area contributed by atoms with E-state index in [1.54, 1.807) is 0 Å². The van der Waals surface area contributed by atoms with E-state index in [4.69, 9.17) is 17.3 Å². The normalized spacial score (nSPS) is 17.4. The minimum atomic E-state index is 0.627. The van der Waals surface area contributed by atoms with Gasteiger partial charge < -0.3 is 5.73 Å². The van der Waals surface area contributed by atoms with Gasteiger partial charge in [-0.15, -0.1) is 23.5 Å². The number of rotatable bonds is 3. The molecule has 0 aliphatic carbocycles. The van der Waals surface area contributed by atoms with Crippen molar-refractivity contribution in [3.63, 3.8) is 0 Å². The number of halogens is 1. The lowest BCUT2D eigenvalue weighted by atomic mass is 10.0. The van der Waals surface area contributed by atoms with E-state index in [1.165, 1.54) is 21.1 Å². The highest BCUT2D eigenvalue weighted by atomic mass is 35.5. The van der Waals surface area contributed by atoms with Crippen LogP contribution in [0.2, 0.25) is 5.02 Å². The van der Waals surface area contributed by atoms with Crippen molar-refractivity contribution < 1.29 is 0 Å². The largest absolute Gasteiger partial charge is 0.398 e. The van der Waals surface area contributed by atoms with Crippen molar-refractivity contribution in [1.82, 2.24) is 0 Å². The smallest absolute Gasteiger partial charge is 0.0646 e. The Morgan fingerprint density at radius 1 is 1.26 bits per heavy atom. The number of hydrogen-bond acceptors (Lipinski definition) is 3. The number of hydrogen-bond donors (Lipinski definition) is 1. The van der Waals surface area contributed by atoms with Crippen LogP contribution in [0.4, 0.5) is 5.69 Å². The first-order valence-corrected chi connectivity index (χ1v) is 8.48. The fraction of sp³-hybridized carbons (Fsp3) is 0.200. The molecule has 0 fully saturated rings. The predicted octanol–water partition coefficient (Wildman–Crippen LogP) is 4.90. The van der Waals surface area contributed by atoms with E-state index in [9.17, 15) is 0 Å². The van der Waals surface area contributed by atoms with E-state index in [2.05, 4.69) is 24.3 Å². The molecule has 0 aromatic heterocycles. The summed E-state index contributed by atoms with van der Waals surface area (Å²) in [5, 5.41) is 0.645. The molecule has 0 amide bonds. The number of nitrogens with two attached hydrogens (primary N) is 1. The van der Waals surface area contributed by atoms with E-state index in [1.807, 2.05) is 41.7 Å². The second-order valence-corrected chi connectivity index (χ2v) is 7.10. The molecule has 1 heterocycles. The Morgan fingerprint density at radius 2 is 2.11 bits per heavy atom. The second kappa shape index (κ2) is 5.70. The topological polar surface area (TPSA) is 26.0 Å². The maximum Gasteiger partial charge on any atom is 0.0646 e. The molecular weight excluding hydrogens is 294 g/mol. The van der Waals surface area contributed by atoms with Crippen molar-refractivity contribution in [1.29, 1.82) is 0 Å². The lowest BCUT2D eigenvalue weighted by Crippen LogP contribution is -2.00. The van der Waals surface area contributed by atoms with Gasteiger partial charge in [-0.1, -0.05) is 29.8 Å². The molecule has 3 rings (SSSR count). The average Bonchev–Trinajstić information content (AvgIpc) is 2.83. The van der Waals surface area contributed by atoms with Gasteiger partial charge in [0.15, 0.2) is 0 Å². The zero-order valence-corrected chi connectivity index (χ0v) is 12.7. The standard InChI is InChI=1S/C15H14ClNS2/c16-13-7-11(5-6-14(13)17)18-8-10-9-19-15-4-2-1-3-12(10)15/h1-7,10H,8-9,17H2. The van der Waals surface area contributed by atoms with Gasteiger partial charge in [-0.2, -0.15) is 0 Å². The summed E-state index contributed by atoms with van der Waals surface area (Å²) >= 11 is 9.86. The first-order chi connectivity index (χ1) is 9.24. The van der Waals surface area contributed by atoms with Crippen LogP contribution in [0.3, 0.4) is 0 Å². The minimum Gasteiger partial charge on any atom is -0.398 e. The third-order valence-electron chi connectivity index (χ3n) is 3.22. The monoisotopic (exact) mass is 307 g/mol. The molecule has 1 aliphatic heterocycles. The molecule has 19 heavy (non-hydrogen) atoms. The molecule has 1 nitrogen and oxygen atoms in total. The molecule has 2 aromatic rings. The Bertz CT molecular complexity index is 600. The molecule has 1 atom stereocenters. The van der Waals surface area contributed by atoms with Crippen LogP contribution in [0.1, 0.15) is 11.5 Å². The maximum absolute atomic E-state index is 6.05. The van der Waals surface area contributed by atoms with Crippen LogP contribution in [0, 0.1) is 0 Å². The van der Waals surface area contributed by atoms with Crippen LogP contribution in [0.25, 0.3) is 0 Å². The fourth-order valence-corrected chi connectivity index (χ4v) is 4.87. The Labute approximate surface area is 126 Å². The lowest BCUT2D eigenvalue weighted by molar-refractivity contribution is 0.896. The predicted molar refractivity (Wildman–Crippen MR) is 86.5 cm³/mol. The molecule has 0 saturated heterocycles. The molecule has 1 unspecified atom stereocenters. The number of benzene rings is 2. The van der Waals surface area contributed by atoms with Gasteiger partial charge in [0, 0.05) is 27.2 Å². The van der Waals surface area contributed by atoms with Crippen LogP contribution in [-0.4, -0.2) is 11.5 Å². The Hall–Kier alpha value is -0.770. The third kappa shape index (κ3) is 2.88. The Balaban J connectivity index is 1.69. The van der Waals surface area contributed by atoms with Crippen LogP contribution in [0.15, 0.2) is 52.3 Å². The Morgan fingerprint density at radius 3 is 2.95 bits per heavy atom. The van der Waals surface area contributed by atoms with Gasteiger partial charge in [-0.25, -0.2) is 0 Å². The molecule has 0 spiro atoms. The molecular formula is C15H14ClNS2. The van der Waals surface area contributed by atoms with Crippen LogP contribution >= 0.6 is 35.1 Å². The average molecular weight is 308 g/mol. The summed E-state index contributed by atoms with van der Waals surface area (Å²) in [5.41, 5.74) is 7.86. The van der Waals surface area contributed by atoms with Crippen molar-refractivity contribution in [2.75, 3.05) is 17.2 Å². The summed E-state index contributed by atoms with van der Waals surface area (Å²) in [6.45, 7) is 0. The van der Waals surface area contributed by atoms with Crippen molar-refractivity contribution in [2.45, 2.75) is 15.7 Å². The SMILES string of the molecule is Nc1ccc(SCC2CSc3ccccc32)cc1Cl. The van der Waals surface area contributed by atoms with Gasteiger partial charge in [0.1, 0.15) is 0 Å². The second-order valence-electron chi connectivity index (χ2n) is 4.54. The lowest BCUT2D eigenvalue weighted by Gasteiger charge is -2.10. The van der Waals surface area contributed by atoms with Crippen LogP contribution in [-0.2, 0) is 0 Å². The molecule has 4 heteroatoms. The number of thioether (sulfide) groups is 2. The van der Waals surface area contributed by atoms with Gasteiger partial charge in [0.05, 0.1) is 10.7 Å². The summed E-state index contributed by atoms with van der Waals surface area (Å²) in [4.78, 5) is 2.62. The molecule has 2 aromatic carbocycles. The zero-order valence-electron chi connectivity index (χ0n) is 10.3. The first kappa shape index (κ1) is 13.2. The highest BCUT2D eigenvalue weighted by Gasteiger charge is 2.22. The van der Waals surface area contributed by atoms with Crippen LogP contribution < -0.4 is 5.73 Å². The summed E-state index contributed by atoms with van der Waals surface area (Å²) in [6.07, 6.45) is 0. The molecule has 0 saturated carbocycles. The first-order valence-electron chi connectivity index (χ1n) is 6.13. The molecule has 0 bridgehead atoms. The quantitative estimate of drug-likeness (QED) is 0.645. The van der Waals surface area contributed by atoms with E-state index in [0.29, 0.717) is 16.6 Å². The van der Waals surface area contributed by atoms with E-state index >= 15 is 0 Å². The Kier molecular flexibility index (Phi) is 3.96. The summed E-state index contributed by atoms with van der Waals surface area (Å²) < 4.78 is 0. The van der Waals surface area contributed by atoms with Crippen molar-refractivity contribution in [2.24, 2.45) is 0 Å². The van der Waals surface area contributed by atoms with Crippen molar-refractivity contribution in [3.8, 4) is 0 Å². The molecule has 1 aliphatic rings. The maximum atomic E-state index is 6.05. The van der Waals surface area contributed by atoms with Crippen molar-refractivity contribution in [3.05, 3.63) is 53.1 Å².